The maximum absolute atomic E-state index is 13.2. The average molecular weight is 486 g/mol. The Morgan fingerprint density at radius 1 is 1.06 bits per heavy atom. The van der Waals surface area contributed by atoms with Crippen molar-refractivity contribution in [1.82, 2.24) is 9.80 Å². The summed E-state index contributed by atoms with van der Waals surface area (Å²) in [7, 11) is 1.48. The van der Waals surface area contributed by atoms with Gasteiger partial charge in [0.15, 0.2) is 11.5 Å². The van der Waals surface area contributed by atoms with Crippen molar-refractivity contribution < 1.29 is 28.6 Å². The zero-order valence-corrected chi connectivity index (χ0v) is 19.4. The second-order valence-electron chi connectivity index (χ2n) is 8.33. The summed E-state index contributed by atoms with van der Waals surface area (Å²) in [6.07, 6.45) is -0.638. The molecule has 3 amide bonds. The lowest BCUT2D eigenvalue weighted by Gasteiger charge is -2.38. The van der Waals surface area contributed by atoms with Crippen LogP contribution in [0.15, 0.2) is 42.5 Å². The molecule has 0 saturated carbocycles. The first kappa shape index (κ1) is 22.5. The summed E-state index contributed by atoms with van der Waals surface area (Å²) in [5.74, 6) is 0.817. The molecule has 0 radical (unpaired) electrons. The summed E-state index contributed by atoms with van der Waals surface area (Å²) in [5.41, 5.74) is 0.344. The number of para-hydroxylation sites is 2. The van der Waals surface area contributed by atoms with E-state index in [1.807, 2.05) is 17.0 Å². The third-order valence-electron chi connectivity index (χ3n) is 6.36. The Bertz CT molecular complexity index is 1130. The van der Waals surface area contributed by atoms with Crippen LogP contribution in [0.4, 0.5) is 5.69 Å². The van der Waals surface area contributed by atoms with Crippen LogP contribution in [0.25, 0.3) is 0 Å². The molecule has 0 aromatic heterocycles. The lowest BCUT2D eigenvalue weighted by atomic mass is 10.1. The molecule has 3 aliphatic heterocycles. The van der Waals surface area contributed by atoms with Crippen molar-refractivity contribution in [3.05, 3.63) is 47.5 Å². The number of carbonyl (C=O) groups excluding carboxylic acids is 3. The fourth-order valence-corrected chi connectivity index (χ4v) is 4.76. The summed E-state index contributed by atoms with van der Waals surface area (Å²) < 4.78 is 16.8. The first-order chi connectivity index (χ1) is 16.5. The van der Waals surface area contributed by atoms with Crippen molar-refractivity contribution in [3.63, 3.8) is 0 Å². The number of ether oxygens (including phenoxy) is 3. The predicted molar refractivity (Wildman–Crippen MR) is 123 cm³/mol. The van der Waals surface area contributed by atoms with Crippen LogP contribution < -0.4 is 19.1 Å². The predicted octanol–water partition coefficient (Wildman–Crippen LogP) is 1.96. The number of fused-ring (bicyclic) bond motifs is 1. The number of carbonyl (C=O) groups is 3. The molecule has 2 fully saturated rings. The minimum atomic E-state index is -0.707. The van der Waals surface area contributed by atoms with Crippen LogP contribution in [0.3, 0.4) is 0 Å². The topological polar surface area (TPSA) is 88.6 Å². The van der Waals surface area contributed by atoms with Crippen LogP contribution >= 0.6 is 11.6 Å². The molecular weight excluding hydrogens is 462 g/mol. The fraction of sp³-hybridized carbons (Fsp3) is 0.375. The maximum atomic E-state index is 13.2. The van der Waals surface area contributed by atoms with Gasteiger partial charge in [-0.25, -0.2) is 4.90 Å². The highest BCUT2D eigenvalue weighted by Crippen LogP contribution is 2.36. The highest BCUT2D eigenvalue weighted by atomic mass is 35.5. The van der Waals surface area contributed by atoms with E-state index in [0.717, 1.165) is 4.90 Å². The zero-order valence-electron chi connectivity index (χ0n) is 18.6. The maximum Gasteiger partial charge on any atom is 0.267 e. The fourth-order valence-electron chi connectivity index (χ4n) is 4.59. The van der Waals surface area contributed by atoms with E-state index in [2.05, 4.69) is 0 Å². The molecule has 5 rings (SSSR count). The molecule has 0 spiro atoms. The van der Waals surface area contributed by atoms with Crippen LogP contribution in [0.1, 0.15) is 6.42 Å². The molecule has 34 heavy (non-hydrogen) atoms. The van der Waals surface area contributed by atoms with E-state index in [4.69, 9.17) is 25.8 Å². The highest BCUT2D eigenvalue weighted by Gasteiger charge is 2.45. The molecule has 0 bridgehead atoms. The molecule has 3 aliphatic rings. The number of hydrogen-bond donors (Lipinski definition) is 0. The van der Waals surface area contributed by atoms with E-state index in [9.17, 15) is 14.4 Å². The molecule has 3 heterocycles. The van der Waals surface area contributed by atoms with E-state index >= 15 is 0 Å². The number of imide groups is 1. The van der Waals surface area contributed by atoms with E-state index in [1.54, 1.807) is 35.2 Å². The van der Waals surface area contributed by atoms with Gasteiger partial charge in [-0.2, -0.15) is 0 Å². The van der Waals surface area contributed by atoms with Gasteiger partial charge in [0, 0.05) is 31.2 Å². The molecule has 0 unspecified atom stereocenters. The number of rotatable bonds is 4. The molecule has 2 aromatic rings. The quantitative estimate of drug-likeness (QED) is 0.612. The van der Waals surface area contributed by atoms with Gasteiger partial charge in [-0.05, 0) is 30.3 Å². The van der Waals surface area contributed by atoms with Gasteiger partial charge in [0.2, 0.25) is 12.0 Å². The second kappa shape index (κ2) is 9.15. The van der Waals surface area contributed by atoms with Gasteiger partial charge in [-0.15, -0.1) is 0 Å². The molecule has 0 aliphatic carbocycles. The first-order valence-corrected chi connectivity index (χ1v) is 11.5. The smallest absolute Gasteiger partial charge is 0.267 e. The van der Waals surface area contributed by atoms with Crippen LogP contribution in [-0.2, 0) is 14.4 Å². The van der Waals surface area contributed by atoms with Gasteiger partial charge in [-0.3, -0.25) is 19.3 Å². The standard InChI is InChI=1S/C24H24ClN3O6/c1-32-18-7-6-15(25)12-16(18)28-22(29)13-17(23(28)30)26-8-10-27(11-9-26)24(31)21-14-33-19-4-2-3-5-20(19)34-21/h2-7,12,17,21H,8-11,13-14H2,1H3/t17-,21+/m1/s1. The zero-order chi connectivity index (χ0) is 23.8. The van der Waals surface area contributed by atoms with E-state index in [-0.39, 0.29) is 30.7 Å². The van der Waals surface area contributed by atoms with Gasteiger partial charge < -0.3 is 19.1 Å². The van der Waals surface area contributed by atoms with E-state index < -0.39 is 12.1 Å². The average Bonchev–Trinajstić information content (AvgIpc) is 3.16. The summed E-state index contributed by atoms with van der Waals surface area (Å²) >= 11 is 6.10. The van der Waals surface area contributed by atoms with Crippen LogP contribution in [0.2, 0.25) is 5.02 Å². The Morgan fingerprint density at radius 3 is 2.53 bits per heavy atom. The molecule has 2 saturated heterocycles. The van der Waals surface area contributed by atoms with Crippen LogP contribution in [-0.4, -0.2) is 79.6 Å². The molecule has 2 atom stereocenters. The number of benzene rings is 2. The summed E-state index contributed by atoms with van der Waals surface area (Å²) in [6.45, 7) is 1.96. The number of hydrogen-bond acceptors (Lipinski definition) is 7. The lowest BCUT2D eigenvalue weighted by Crippen LogP contribution is -2.57. The van der Waals surface area contributed by atoms with Gasteiger partial charge in [0.05, 0.1) is 25.3 Å². The highest BCUT2D eigenvalue weighted by molar-refractivity contribution is 6.31. The van der Waals surface area contributed by atoms with Gasteiger partial charge >= 0.3 is 0 Å². The van der Waals surface area contributed by atoms with Crippen LogP contribution in [0, 0.1) is 0 Å². The van der Waals surface area contributed by atoms with Crippen molar-refractivity contribution in [3.8, 4) is 17.2 Å². The Balaban J connectivity index is 1.22. The van der Waals surface area contributed by atoms with Crippen molar-refractivity contribution >= 4 is 35.0 Å². The molecule has 178 valence electrons. The third-order valence-corrected chi connectivity index (χ3v) is 6.59. The van der Waals surface area contributed by atoms with Crippen molar-refractivity contribution in [2.75, 3.05) is 44.8 Å². The van der Waals surface area contributed by atoms with E-state index in [0.29, 0.717) is 54.1 Å². The largest absolute Gasteiger partial charge is 0.495 e. The van der Waals surface area contributed by atoms with Gasteiger partial charge in [0.25, 0.3) is 11.8 Å². The Hall–Kier alpha value is -3.30. The third kappa shape index (κ3) is 4.05. The Morgan fingerprint density at radius 2 is 1.79 bits per heavy atom. The van der Waals surface area contributed by atoms with Crippen molar-refractivity contribution in [1.29, 1.82) is 0 Å². The molecular formula is C24H24ClN3O6. The van der Waals surface area contributed by atoms with Gasteiger partial charge in [-0.1, -0.05) is 23.7 Å². The second-order valence-corrected chi connectivity index (χ2v) is 8.77. The SMILES string of the molecule is COc1ccc(Cl)cc1N1C(=O)C[C@@H](N2CCN(C(=O)[C@@H]3COc4ccccc4O3)CC2)C1=O. The number of anilines is 1. The minimum absolute atomic E-state index is 0.0683. The monoisotopic (exact) mass is 485 g/mol. The summed E-state index contributed by atoms with van der Waals surface area (Å²) in [4.78, 5) is 43.8. The summed E-state index contributed by atoms with van der Waals surface area (Å²) in [6, 6.07) is 11.5. The number of methoxy groups -OCH3 is 1. The van der Waals surface area contributed by atoms with Crippen molar-refractivity contribution in [2.24, 2.45) is 0 Å². The molecule has 0 N–H and O–H groups in total. The number of amides is 3. The Kier molecular flexibility index (Phi) is 6.05. The first-order valence-electron chi connectivity index (χ1n) is 11.1. The lowest BCUT2D eigenvalue weighted by molar-refractivity contribution is -0.143. The van der Waals surface area contributed by atoms with Gasteiger partial charge in [0.1, 0.15) is 12.4 Å². The number of halogens is 1. The molecule has 2 aromatic carbocycles. The normalized spacial score (nSPS) is 22.8. The van der Waals surface area contributed by atoms with E-state index in [1.165, 1.54) is 7.11 Å². The summed E-state index contributed by atoms with van der Waals surface area (Å²) in [5, 5.41) is 0.406. The number of nitrogens with zero attached hydrogens (tertiary/aromatic N) is 3. The van der Waals surface area contributed by atoms with Crippen LogP contribution in [0.5, 0.6) is 17.2 Å². The molecule has 9 nitrogen and oxygen atoms in total. The van der Waals surface area contributed by atoms with Crippen molar-refractivity contribution in [2.45, 2.75) is 18.6 Å². The minimum Gasteiger partial charge on any atom is -0.495 e. The molecule has 10 heteroatoms. The Labute approximate surface area is 201 Å². The number of piperazine rings is 1.